The molecule has 6 heteroatoms. The minimum Gasteiger partial charge on any atom is -0.454 e. The van der Waals surface area contributed by atoms with Crippen LogP contribution in [0.3, 0.4) is 0 Å². The molecule has 0 unspecified atom stereocenters. The predicted molar refractivity (Wildman–Crippen MR) is 61.8 cm³/mol. The molecule has 6 nitrogen and oxygen atoms in total. The number of hydrogen-bond acceptors (Lipinski definition) is 5. The lowest BCUT2D eigenvalue weighted by Gasteiger charge is -2.04. The second kappa shape index (κ2) is 4.06. The van der Waals surface area contributed by atoms with E-state index >= 15 is 0 Å². The lowest BCUT2D eigenvalue weighted by Crippen LogP contribution is -2.11. The van der Waals surface area contributed by atoms with Crippen molar-refractivity contribution in [3.63, 3.8) is 0 Å². The first-order valence-corrected chi connectivity index (χ1v) is 5.36. The second-order valence-electron chi connectivity index (χ2n) is 3.86. The smallest absolute Gasteiger partial charge is 0.294 e. The summed E-state index contributed by atoms with van der Waals surface area (Å²) in [5.41, 5.74) is 1.30. The van der Waals surface area contributed by atoms with E-state index in [0.717, 1.165) is 0 Å². The van der Waals surface area contributed by atoms with Gasteiger partial charge in [-0.1, -0.05) is 5.16 Å². The Bertz CT molecular complexity index is 606. The number of benzene rings is 1. The van der Waals surface area contributed by atoms with E-state index in [4.69, 9.17) is 14.0 Å². The van der Waals surface area contributed by atoms with E-state index in [0.29, 0.717) is 22.7 Å². The quantitative estimate of drug-likeness (QED) is 0.876. The monoisotopic (exact) mass is 246 g/mol. The van der Waals surface area contributed by atoms with Crippen molar-refractivity contribution < 1.29 is 18.8 Å². The van der Waals surface area contributed by atoms with E-state index in [9.17, 15) is 4.79 Å². The summed E-state index contributed by atoms with van der Waals surface area (Å²) in [6, 6.07) is 5.17. The second-order valence-corrected chi connectivity index (χ2v) is 3.86. The number of nitrogens with one attached hydrogen (secondary N) is 1. The fourth-order valence-corrected chi connectivity index (χ4v) is 1.67. The fourth-order valence-electron chi connectivity index (χ4n) is 1.67. The van der Waals surface area contributed by atoms with Gasteiger partial charge in [-0.25, -0.2) is 0 Å². The molecule has 0 saturated carbocycles. The summed E-state index contributed by atoms with van der Waals surface area (Å²) in [6.45, 7) is 1.96. The summed E-state index contributed by atoms with van der Waals surface area (Å²) in [6.07, 6.45) is 1.49. The Hall–Kier alpha value is -2.50. The van der Waals surface area contributed by atoms with E-state index in [1.807, 2.05) is 0 Å². The number of fused-ring (bicyclic) bond motifs is 1. The molecule has 92 valence electrons. The Morgan fingerprint density at radius 1 is 1.33 bits per heavy atom. The zero-order valence-electron chi connectivity index (χ0n) is 9.60. The summed E-state index contributed by atoms with van der Waals surface area (Å²) in [7, 11) is 0. The van der Waals surface area contributed by atoms with Crippen molar-refractivity contribution in [3.8, 4) is 11.5 Å². The van der Waals surface area contributed by atoms with Crippen LogP contribution >= 0.6 is 0 Å². The number of rotatable bonds is 2. The zero-order chi connectivity index (χ0) is 12.5. The maximum Gasteiger partial charge on any atom is 0.294 e. The van der Waals surface area contributed by atoms with Gasteiger partial charge >= 0.3 is 0 Å². The highest BCUT2D eigenvalue weighted by atomic mass is 16.7. The summed E-state index contributed by atoms with van der Waals surface area (Å²) in [5, 5.41) is 6.27. The topological polar surface area (TPSA) is 73.6 Å². The Morgan fingerprint density at radius 3 is 2.94 bits per heavy atom. The molecule has 1 N–H and O–H groups in total. The number of anilines is 1. The molecule has 3 rings (SSSR count). The zero-order valence-corrected chi connectivity index (χ0v) is 9.60. The van der Waals surface area contributed by atoms with E-state index in [1.165, 1.54) is 6.20 Å². The number of carbonyl (C=O) groups is 1. The first-order chi connectivity index (χ1) is 8.74. The van der Waals surface area contributed by atoms with Crippen molar-refractivity contribution in [2.45, 2.75) is 6.92 Å². The minimum atomic E-state index is -0.344. The van der Waals surface area contributed by atoms with Crippen molar-refractivity contribution >= 4 is 11.6 Å². The molecule has 2 aromatic rings. The number of ether oxygens (including phenoxy) is 2. The lowest BCUT2D eigenvalue weighted by molar-refractivity contribution is 0.0987. The third-order valence-corrected chi connectivity index (χ3v) is 2.59. The largest absolute Gasteiger partial charge is 0.454 e. The standard InChI is InChI=1S/C12H10N2O4/c1-7-5-13-18-11(7)12(15)14-8-2-3-9-10(4-8)17-6-16-9/h2-5H,6H2,1H3,(H,14,15). The van der Waals surface area contributed by atoms with Gasteiger partial charge in [-0.2, -0.15) is 0 Å². The van der Waals surface area contributed by atoms with E-state index in [-0.39, 0.29) is 18.5 Å². The average Bonchev–Trinajstić information content (AvgIpc) is 2.96. The molecule has 0 atom stereocenters. The lowest BCUT2D eigenvalue weighted by atomic mass is 10.2. The van der Waals surface area contributed by atoms with Crippen LogP contribution < -0.4 is 14.8 Å². The third kappa shape index (κ3) is 1.77. The molecule has 1 aromatic heterocycles. The average molecular weight is 246 g/mol. The molecule has 0 spiro atoms. The Labute approximate surface area is 102 Å². The molecule has 1 aromatic carbocycles. The van der Waals surface area contributed by atoms with Crippen molar-refractivity contribution in [1.82, 2.24) is 5.16 Å². The van der Waals surface area contributed by atoms with Crippen LogP contribution in [0.15, 0.2) is 28.9 Å². The number of aromatic nitrogens is 1. The first kappa shape index (κ1) is 10.6. The molecule has 2 heterocycles. The van der Waals surface area contributed by atoms with Crippen molar-refractivity contribution in [2.24, 2.45) is 0 Å². The highest BCUT2D eigenvalue weighted by Gasteiger charge is 2.17. The molecule has 1 aliphatic heterocycles. The molecular formula is C12H10N2O4. The highest BCUT2D eigenvalue weighted by molar-refractivity contribution is 6.03. The van der Waals surface area contributed by atoms with Gasteiger partial charge in [0, 0.05) is 17.3 Å². The van der Waals surface area contributed by atoms with Crippen molar-refractivity contribution in [3.05, 3.63) is 35.7 Å². The molecule has 0 aliphatic carbocycles. The molecule has 18 heavy (non-hydrogen) atoms. The van der Waals surface area contributed by atoms with Gasteiger partial charge in [0.15, 0.2) is 11.5 Å². The van der Waals surface area contributed by atoms with Gasteiger partial charge in [0.05, 0.1) is 6.20 Å². The highest BCUT2D eigenvalue weighted by Crippen LogP contribution is 2.34. The van der Waals surface area contributed by atoms with Crippen LogP contribution in [0.5, 0.6) is 11.5 Å². The van der Waals surface area contributed by atoms with Gasteiger partial charge in [-0.05, 0) is 19.1 Å². The molecule has 0 saturated heterocycles. The molecular weight excluding hydrogens is 236 g/mol. The van der Waals surface area contributed by atoms with Crippen LogP contribution in [0, 0.1) is 6.92 Å². The molecule has 1 amide bonds. The van der Waals surface area contributed by atoms with Crippen molar-refractivity contribution in [1.29, 1.82) is 0 Å². The van der Waals surface area contributed by atoms with Gasteiger partial charge in [0.25, 0.3) is 5.91 Å². The fraction of sp³-hybridized carbons (Fsp3) is 0.167. The predicted octanol–water partition coefficient (Wildman–Crippen LogP) is 1.96. The Morgan fingerprint density at radius 2 is 2.17 bits per heavy atom. The van der Waals surface area contributed by atoms with Gasteiger partial charge in [-0.3, -0.25) is 4.79 Å². The first-order valence-electron chi connectivity index (χ1n) is 5.36. The molecule has 0 bridgehead atoms. The van der Waals surface area contributed by atoms with E-state index < -0.39 is 0 Å². The van der Waals surface area contributed by atoms with Gasteiger partial charge in [-0.15, -0.1) is 0 Å². The number of nitrogens with zero attached hydrogens (tertiary/aromatic N) is 1. The van der Waals surface area contributed by atoms with E-state index in [1.54, 1.807) is 25.1 Å². The van der Waals surface area contributed by atoms with Gasteiger partial charge < -0.3 is 19.3 Å². The maximum absolute atomic E-state index is 11.9. The summed E-state index contributed by atoms with van der Waals surface area (Å²) in [4.78, 5) is 11.9. The van der Waals surface area contributed by atoms with Crippen molar-refractivity contribution in [2.75, 3.05) is 12.1 Å². The normalized spacial score (nSPS) is 12.5. The molecule has 0 radical (unpaired) electrons. The number of aryl methyl sites for hydroxylation is 1. The molecule has 0 fully saturated rings. The van der Waals surface area contributed by atoms with Gasteiger partial charge in [0.2, 0.25) is 12.6 Å². The van der Waals surface area contributed by atoms with Crippen LogP contribution in [0.4, 0.5) is 5.69 Å². The third-order valence-electron chi connectivity index (χ3n) is 2.59. The van der Waals surface area contributed by atoms with Crippen LogP contribution in [0.25, 0.3) is 0 Å². The SMILES string of the molecule is Cc1cnoc1C(=O)Nc1ccc2c(c1)OCO2. The Kier molecular flexibility index (Phi) is 2.40. The van der Waals surface area contributed by atoms with Crippen LogP contribution in [0.1, 0.15) is 16.1 Å². The van der Waals surface area contributed by atoms with E-state index in [2.05, 4.69) is 10.5 Å². The van der Waals surface area contributed by atoms with Crippen LogP contribution in [-0.4, -0.2) is 17.9 Å². The van der Waals surface area contributed by atoms with Gasteiger partial charge in [0.1, 0.15) is 0 Å². The minimum absolute atomic E-state index is 0.202. The Balaban J connectivity index is 1.81. The summed E-state index contributed by atoms with van der Waals surface area (Å²) in [5.74, 6) is 1.14. The maximum atomic E-state index is 11.9. The summed E-state index contributed by atoms with van der Waals surface area (Å²) >= 11 is 0. The summed E-state index contributed by atoms with van der Waals surface area (Å²) < 4.78 is 15.3. The van der Waals surface area contributed by atoms with Crippen LogP contribution in [0.2, 0.25) is 0 Å². The number of hydrogen-bond donors (Lipinski definition) is 1. The molecule has 1 aliphatic rings. The van der Waals surface area contributed by atoms with Crippen LogP contribution in [-0.2, 0) is 0 Å². The number of amides is 1. The number of carbonyl (C=O) groups excluding carboxylic acids is 1.